The SMILES string of the molecule is CC(CC#N)N(C)CCCOc1ccc(N)cc1. The fourth-order valence-corrected chi connectivity index (χ4v) is 1.58. The third-order valence-corrected chi connectivity index (χ3v) is 2.94. The summed E-state index contributed by atoms with van der Waals surface area (Å²) in [6.07, 6.45) is 1.51. The Morgan fingerprint density at radius 3 is 2.67 bits per heavy atom. The van der Waals surface area contributed by atoms with Crippen molar-refractivity contribution < 1.29 is 4.74 Å². The number of ether oxygens (including phenoxy) is 1. The van der Waals surface area contributed by atoms with Crippen LogP contribution in [0.15, 0.2) is 24.3 Å². The number of benzene rings is 1. The molecule has 0 amide bonds. The first kappa shape index (κ1) is 14.3. The van der Waals surface area contributed by atoms with Crippen molar-refractivity contribution in [3.05, 3.63) is 24.3 Å². The number of anilines is 1. The van der Waals surface area contributed by atoms with E-state index < -0.39 is 0 Å². The molecule has 1 atom stereocenters. The quantitative estimate of drug-likeness (QED) is 0.593. The third kappa shape index (κ3) is 5.07. The van der Waals surface area contributed by atoms with Crippen LogP contribution in [0.3, 0.4) is 0 Å². The first-order valence-electron chi connectivity index (χ1n) is 6.19. The zero-order valence-corrected chi connectivity index (χ0v) is 11.1. The van der Waals surface area contributed by atoms with Crippen molar-refractivity contribution in [2.75, 3.05) is 25.9 Å². The fourth-order valence-electron chi connectivity index (χ4n) is 1.58. The first-order valence-corrected chi connectivity index (χ1v) is 6.19. The van der Waals surface area contributed by atoms with Crippen LogP contribution < -0.4 is 10.5 Å². The van der Waals surface area contributed by atoms with E-state index >= 15 is 0 Å². The van der Waals surface area contributed by atoms with Gasteiger partial charge in [-0.1, -0.05) is 0 Å². The predicted molar refractivity (Wildman–Crippen MR) is 73.3 cm³/mol. The van der Waals surface area contributed by atoms with Crippen molar-refractivity contribution in [3.8, 4) is 11.8 Å². The lowest BCUT2D eigenvalue weighted by molar-refractivity contribution is 0.226. The largest absolute Gasteiger partial charge is 0.494 e. The van der Waals surface area contributed by atoms with Crippen LogP contribution in [0.5, 0.6) is 5.75 Å². The highest BCUT2D eigenvalue weighted by Crippen LogP contribution is 2.13. The molecule has 0 saturated heterocycles. The second kappa shape index (κ2) is 7.57. The van der Waals surface area contributed by atoms with Crippen molar-refractivity contribution in [2.45, 2.75) is 25.8 Å². The summed E-state index contributed by atoms with van der Waals surface area (Å²) < 4.78 is 5.60. The van der Waals surface area contributed by atoms with Gasteiger partial charge >= 0.3 is 0 Å². The van der Waals surface area contributed by atoms with Crippen LogP contribution in [-0.2, 0) is 0 Å². The second-order valence-corrected chi connectivity index (χ2v) is 4.46. The van der Waals surface area contributed by atoms with Crippen LogP contribution in [0.25, 0.3) is 0 Å². The van der Waals surface area contributed by atoms with Crippen LogP contribution in [0.1, 0.15) is 19.8 Å². The molecule has 4 nitrogen and oxygen atoms in total. The molecule has 0 bridgehead atoms. The van der Waals surface area contributed by atoms with Gasteiger partial charge in [-0.25, -0.2) is 0 Å². The maximum absolute atomic E-state index is 8.62. The van der Waals surface area contributed by atoms with Gasteiger partial charge in [-0.2, -0.15) is 5.26 Å². The lowest BCUT2D eigenvalue weighted by Crippen LogP contribution is -2.30. The van der Waals surface area contributed by atoms with Crippen molar-refractivity contribution in [2.24, 2.45) is 0 Å². The number of nitriles is 1. The molecule has 98 valence electrons. The summed E-state index contributed by atoms with van der Waals surface area (Å²) in [4.78, 5) is 2.18. The average Bonchev–Trinajstić information content (AvgIpc) is 2.36. The van der Waals surface area contributed by atoms with E-state index in [1.807, 2.05) is 31.3 Å². The zero-order valence-electron chi connectivity index (χ0n) is 11.1. The van der Waals surface area contributed by atoms with Gasteiger partial charge in [0.1, 0.15) is 5.75 Å². The molecule has 0 heterocycles. The van der Waals surface area contributed by atoms with Crippen LogP contribution in [0, 0.1) is 11.3 Å². The molecule has 1 unspecified atom stereocenters. The number of nitrogens with zero attached hydrogens (tertiary/aromatic N) is 2. The predicted octanol–water partition coefficient (Wildman–Crippen LogP) is 2.27. The van der Waals surface area contributed by atoms with E-state index in [1.165, 1.54) is 0 Å². The molecule has 0 aliphatic heterocycles. The summed E-state index contributed by atoms with van der Waals surface area (Å²) in [6, 6.07) is 9.89. The Labute approximate surface area is 109 Å². The normalized spacial score (nSPS) is 12.1. The van der Waals surface area contributed by atoms with Gasteiger partial charge in [-0.05, 0) is 44.7 Å². The monoisotopic (exact) mass is 247 g/mol. The molecule has 1 aromatic carbocycles. The van der Waals surface area contributed by atoms with E-state index in [1.54, 1.807) is 0 Å². The number of hydrogen-bond donors (Lipinski definition) is 1. The Kier molecular flexibility index (Phi) is 6.03. The zero-order chi connectivity index (χ0) is 13.4. The summed E-state index contributed by atoms with van der Waals surface area (Å²) in [7, 11) is 2.03. The molecule has 0 aromatic heterocycles. The van der Waals surface area contributed by atoms with E-state index in [0.717, 1.165) is 24.4 Å². The highest BCUT2D eigenvalue weighted by Gasteiger charge is 2.07. The molecule has 0 aliphatic rings. The van der Waals surface area contributed by atoms with Gasteiger partial charge < -0.3 is 15.4 Å². The standard InChI is InChI=1S/C14H21N3O/c1-12(8-9-15)17(2)10-3-11-18-14-6-4-13(16)5-7-14/h4-7,12H,3,8,10-11,16H2,1-2H3. The minimum atomic E-state index is 0.298. The van der Waals surface area contributed by atoms with Crippen molar-refractivity contribution in [1.29, 1.82) is 5.26 Å². The van der Waals surface area contributed by atoms with Crippen molar-refractivity contribution in [3.63, 3.8) is 0 Å². The molecule has 0 aliphatic carbocycles. The Bertz CT molecular complexity index is 383. The molecule has 0 radical (unpaired) electrons. The topological polar surface area (TPSA) is 62.3 Å². The van der Waals surface area contributed by atoms with Crippen molar-refractivity contribution >= 4 is 5.69 Å². The van der Waals surface area contributed by atoms with E-state index in [-0.39, 0.29) is 0 Å². The van der Waals surface area contributed by atoms with E-state index in [0.29, 0.717) is 19.1 Å². The Balaban J connectivity index is 2.19. The van der Waals surface area contributed by atoms with Gasteiger partial charge in [0.05, 0.1) is 19.1 Å². The van der Waals surface area contributed by atoms with Gasteiger partial charge in [0, 0.05) is 18.3 Å². The average molecular weight is 247 g/mol. The molecule has 18 heavy (non-hydrogen) atoms. The minimum Gasteiger partial charge on any atom is -0.494 e. The number of nitrogen functional groups attached to an aromatic ring is 1. The number of rotatable bonds is 7. The summed E-state index contributed by atoms with van der Waals surface area (Å²) >= 11 is 0. The van der Waals surface area contributed by atoms with Gasteiger partial charge in [-0.15, -0.1) is 0 Å². The summed E-state index contributed by atoms with van der Waals surface area (Å²) in [6.45, 7) is 3.66. The van der Waals surface area contributed by atoms with Gasteiger partial charge in [-0.3, -0.25) is 0 Å². The molecular formula is C14H21N3O. The third-order valence-electron chi connectivity index (χ3n) is 2.94. The molecule has 1 rings (SSSR count). The first-order chi connectivity index (χ1) is 8.63. The maximum atomic E-state index is 8.62. The van der Waals surface area contributed by atoms with Crippen molar-refractivity contribution in [1.82, 2.24) is 4.90 Å². The highest BCUT2D eigenvalue weighted by atomic mass is 16.5. The fraction of sp³-hybridized carbons (Fsp3) is 0.500. The molecule has 0 spiro atoms. The van der Waals surface area contributed by atoms with E-state index in [9.17, 15) is 0 Å². The van der Waals surface area contributed by atoms with E-state index in [2.05, 4.69) is 17.9 Å². The molecule has 1 aromatic rings. The summed E-state index contributed by atoms with van der Waals surface area (Å²) in [5.41, 5.74) is 6.34. The molecular weight excluding hydrogens is 226 g/mol. The molecule has 2 N–H and O–H groups in total. The van der Waals surface area contributed by atoms with E-state index in [4.69, 9.17) is 15.7 Å². The van der Waals surface area contributed by atoms with Gasteiger partial charge in [0.25, 0.3) is 0 Å². The van der Waals surface area contributed by atoms with Crippen LogP contribution in [0.2, 0.25) is 0 Å². The molecule has 0 fully saturated rings. The Hall–Kier alpha value is -1.73. The minimum absolute atomic E-state index is 0.298. The van der Waals surface area contributed by atoms with Crippen LogP contribution in [-0.4, -0.2) is 31.1 Å². The molecule has 4 heteroatoms. The number of nitrogens with two attached hydrogens (primary N) is 1. The number of hydrogen-bond acceptors (Lipinski definition) is 4. The van der Waals surface area contributed by atoms with Crippen LogP contribution >= 0.6 is 0 Å². The van der Waals surface area contributed by atoms with Gasteiger partial charge in [0.2, 0.25) is 0 Å². The molecule has 0 saturated carbocycles. The highest BCUT2D eigenvalue weighted by molar-refractivity contribution is 5.41. The summed E-state index contributed by atoms with van der Waals surface area (Å²) in [5, 5.41) is 8.62. The lowest BCUT2D eigenvalue weighted by atomic mass is 10.2. The lowest BCUT2D eigenvalue weighted by Gasteiger charge is -2.22. The smallest absolute Gasteiger partial charge is 0.119 e. The Morgan fingerprint density at radius 1 is 1.39 bits per heavy atom. The van der Waals surface area contributed by atoms with Gasteiger partial charge in [0.15, 0.2) is 0 Å². The summed E-state index contributed by atoms with van der Waals surface area (Å²) in [5.74, 6) is 0.844. The Morgan fingerprint density at radius 2 is 2.06 bits per heavy atom. The van der Waals surface area contributed by atoms with Crippen LogP contribution in [0.4, 0.5) is 5.69 Å². The maximum Gasteiger partial charge on any atom is 0.119 e. The second-order valence-electron chi connectivity index (χ2n) is 4.46.